The summed E-state index contributed by atoms with van der Waals surface area (Å²) in [4.78, 5) is 0. The zero-order valence-corrected chi connectivity index (χ0v) is 13.2. The highest BCUT2D eigenvalue weighted by Crippen LogP contribution is 2.38. The topological polar surface area (TPSA) is 0 Å². The molecular weight excluding hydrogens is 352 g/mol. The molecule has 0 saturated carbocycles. The van der Waals surface area contributed by atoms with E-state index in [0.29, 0.717) is 5.92 Å². The second kappa shape index (κ2) is 5.18. The molecule has 1 atom stereocenters. The van der Waals surface area contributed by atoms with Gasteiger partial charge in [0, 0.05) is 14.9 Å². The third kappa shape index (κ3) is 2.41. The summed E-state index contributed by atoms with van der Waals surface area (Å²) in [5, 5.41) is 0. The van der Waals surface area contributed by atoms with Crippen molar-refractivity contribution in [3.05, 3.63) is 68.1 Å². The van der Waals surface area contributed by atoms with Crippen molar-refractivity contribution in [1.82, 2.24) is 0 Å². The van der Waals surface area contributed by atoms with E-state index in [2.05, 4.69) is 74.3 Å². The van der Waals surface area contributed by atoms with E-state index in [4.69, 9.17) is 0 Å². The highest BCUT2D eigenvalue weighted by atomic mass is 79.9. The van der Waals surface area contributed by atoms with Crippen LogP contribution in [0.1, 0.15) is 35.4 Å². The Labute approximate surface area is 125 Å². The maximum Gasteiger partial charge on any atom is 0.0178 e. The van der Waals surface area contributed by atoms with Gasteiger partial charge in [-0.1, -0.05) is 50.1 Å². The van der Waals surface area contributed by atoms with Crippen molar-refractivity contribution < 1.29 is 0 Å². The first-order chi connectivity index (χ1) is 8.74. The third-order valence-corrected chi connectivity index (χ3v) is 4.72. The SMILES string of the molecule is Brc1ccc(C2CCCc3ccc(Br)cc32)cc1. The summed E-state index contributed by atoms with van der Waals surface area (Å²) in [6, 6.07) is 15.5. The summed E-state index contributed by atoms with van der Waals surface area (Å²) in [6.07, 6.45) is 3.76. The fourth-order valence-corrected chi connectivity index (χ4v) is 3.45. The van der Waals surface area contributed by atoms with Crippen LogP contribution in [0.3, 0.4) is 0 Å². The first-order valence-electron chi connectivity index (χ1n) is 6.28. The van der Waals surface area contributed by atoms with Gasteiger partial charge in [-0.15, -0.1) is 0 Å². The van der Waals surface area contributed by atoms with Crippen molar-refractivity contribution in [3.8, 4) is 0 Å². The van der Waals surface area contributed by atoms with Gasteiger partial charge in [-0.3, -0.25) is 0 Å². The second-order valence-corrected chi connectivity index (χ2v) is 6.67. The normalized spacial score (nSPS) is 18.4. The molecule has 2 aromatic rings. The molecular formula is C16H14Br2. The molecule has 0 heterocycles. The summed E-state index contributed by atoms with van der Waals surface area (Å²) in [5.41, 5.74) is 4.44. The van der Waals surface area contributed by atoms with E-state index in [1.54, 1.807) is 0 Å². The van der Waals surface area contributed by atoms with Crippen molar-refractivity contribution in [3.63, 3.8) is 0 Å². The van der Waals surface area contributed by atoms with Gasteiger partial charge in [0.2, 0.25) is 0 Å². The van der Waals surface area contributed by atoms with Gasteiger partial charge in [0.25, 0.3) is 0 Å². The summed E-state index contributed by atoms with van der Waals surface area (Å²) in [6.45, 7) is 0. The Bertz CT molecular complexity index is 558. The second-order valence-electron chi connectivity index (χ2n) is 4.84. The fourth-order valence-electron chi connectivity index (χ4n) is 2.81. The average Bonchev–Trinajstić information content (AvgIpc) is 2.39. The van der Waals surface area contributed by atoms with E-state index in [1.807, 2.05) is 0 Å². The van der Waals surface area contributed by atoms with Gasteiger partial charge in [-0.05, 0) is 60.2 Å². The number of hydrogen-bond donors (Lipinski definition) is 0. The first-order valence-corrected chi connectivity index (χ1v) is 7.86. The lowest BCUT2D eigenvalue weighted by Gasteiger charge is -2.26. The van der Waals surface area contributed by atoms with Gasteiger partial charge in [0.05, 0.1) is 0 Å². The summed E-state index contributed by atoms with van der Waals surface area (Å²) in [5.74, 6) is 0.555. The molecule has 92 valence electrons. The van der Waals surface area contributed by atoms with E-state index in [0.717, 1.165) is 4.47 Å². The minimum atomic E-state index is 0.555. The van der Waals surface area contributed by atoms with Crippen LogP contribution >= 0.6 is 31.9 Å². The van der Waals surface area contributed by atoms with Crippen molar-refractivity contribution >= 4 is 31.9 Å². The number of halogens is 2. The third-order valence-electron chi connectivity index (χ3n) is 3.69. The quantitative estimate of drug-likeness (QED) is 0.609. The molecule has 18 heavy (non-hydrogen) atoms. The van der Waals surface area contributed by atoms with E-state index in [9.17, 15) is 0 Å². The molecule has 0 spiro atoms. The van der Waals surface area contributed by atoms with Crippen LogP contribution in [0.4, 0.5) is 0 Å². The smallest absolute Gasteiger partial charge is 0.0178 e. The van der Waals surface area contributed by atoms with Gasteiger partial charge in [-0.2, -0.15) is 0 Å². The molecule has 0 amide bonds. The lowest BCUT2D eigenvalue weighted by molar-refractivity contribution is 0.615. The molecule has 3 rings (SSSR count). The number of fused-ring (bicyclic) bond motifs is 1. The Morgan fingerprint density at radius 2 is 1.61 bits per heavy atom. The van der Waals surface area contributed by atoms with Gasteiger partial charge >= 0.3 is 0 Å². The van der Waals surface area contributed by atoms with Crippen molar-refractivity contribution in [2.24, 2.45) is 0 Å². The fraction of sp³-hybridized carbons (Fsp3) is 0.250. The molecule has 0 aliphatic heterocycles. The van der Waals surface area contributed by atoms with Crippen molar-refractivity contribution in [2.75, 3.05) is 0 Å². The summed E-state index contributed by atoms with van der Waals surface area (Å²) < 4.78 is 2.33. The van der Waals surface area contributed by atoms with Gasteiger partial charge < -0.3 is 0 Å². The number of aryl methyl sites for hydroxylation is 1. The van der Waals surface area contributed by atoms with E-state index >= 15 is 0 Å². The maximum absolute atomic E-state index is 3.59. The van der Waals surface area contributed by atoms with Crippen LogP contribution in [0.15, 0.2) is 51.4 Å². The molecule has 0 N–H and O–H groups in total. The van der Waals surface area contributed by atoms with Crippen molar-refractivity contribution in [2.45, 2.75) is 25.2 Å². The minimum Gasteiger partial charge on any atom is -0.0576 e. The molecule has 0 radical (unpaired) electrons. The maximum atomic E-state index is 3.59. The highest BCUT2D eigenvalue weighted by Gasteiger charge is 2.21. The summed E-state index contributed by atoms with van der Waals surface area (Å²) in [7, 11) is 0. The number of benzene rings is 2. The summed E-state index contributed by atoms with van der Waals surface area (Å²) >= 11 is 7.10. The molecule has 1 aliphatic carbocycles. The molecule has 2 aromatic carbocycles. The predicted octanol–water partition coefficient (Wildman–Crippen LogP) is 5.68. The average molecular weight is 366 g/mol. The number of rotatable bonds is 1. The van der Waals surface area contributed by atoms with Crippen LogP contribution in [0.2, 0.25) is 0 Å². The lowest BCUT2D eigenvalue weighted by atomic mass is 9.79. The zero-order valence-electron chi connectivity index (χ0n) is 10.00. The molecule has 1 unspecified atom stereocenters. The Hall–Kier alpha value is -0.600. The predicted molar refractivity (Wildman–Crippen MR) is 83.1 cm³/mol. The molecule has 0 aromatic heterocycles. The van der Waals surface area contributed by atoms with Crippen LogP contribution in [-0.2, 0) is 6.42 Å². The van der Waals surface area contributed by atoms with Crippen LogP contribution < -0.4 is 0 Å². The van der Waals surface area contributed by atoms with Crippen LogP contribution in [-0.4, -0.2) is 0 Å². The Balaban J connectivity index is 2.05. The molecule has 0 fully saturated rings. The lowest BCUT2D eigenvalue weighted by Crippen LogP contribution is -2.10. The molecule has 1 aliphatic rings. The van der Waals surface area contributed by atoms with Crippen LogP contribution in [0.5, 0.6) is 0 Å². The van der Waals surface area contributed by atoms with Crippen molar-refractivity contribution in [1.29, 1.82) is 0 Å². The number of hydrogen-bond acceptors (Lipinski definition) is 0. The minimum absolute atomic E-state index is 0.555. The van der Waals surface area contributed by atoms with E-state index < -0.39 is 0 Å². The molecule has 2 heteroatoms. The van der Waals surface area contributed by atoms with Gasteiger partial charge in [0.1, 0.15) is 0 Å². The Morgan fingerprint density at radius 1 is 0.889 bits per heavy atom. The van der Waals surface area contributed by atoms with Crippen LogP contribution in [0, 0.1) is 0 Å². The molecule has 0 nitrogen and oxygen atoms in total. The standard InChI is InChI=1S/C16H14Br2/c17-13-7-4-12(5-8-13)15-3-1-2-11-6-9-14(18)10-16(11)15/h4-10,15H,1-3H2. The highest BCUT2D eigenvalue weighted by molar-refractivity contribution is 9.10. The largest absolute Gasteiger partial charge is 0.0576 e. The van der Waals surface area contributed by atoms with E-state index in [1.165, 1.54) is 40.4 Å². The molecule has 0 bridgehead atoms. The van der Waals surface area contributed by atoms with E-state index in [-0.39, 0.29) is 0 Å². The van der Waals surface area contributed by atoms with Crippen LogP contribution in [0.25, 0.3) is 0 Å². The Morgan fingerprint density at radius 3 is 2.39 bits per heavy atom. The zero-order chi connectivity index (χ0) is 12.5. The first kappa shape index (κ1) is 12.4. The van der Waals surface area contributed by atoms with Gasteiger partial charge in [-0.25, -0.2) is 0 Å². The van der Waals surface area contributed by atoms with Gasteiger partial charge in [0.15, 0.2) is 0 Å². The molecule has 0 saturated heterocycles. The Kier molecular flexibility index (Phi) is 3.58. The monoisotopic (exact) mass is 364 g/mol.